The molecule has 6 nitrogen and oxygen atoms in total. The maximum atomic E-state index is 12.8. The van der Waals surface area contributed by atoms with Crippen LogP contribution in [0.1, 0.15) is 21.5 Å². The predicted molar refractivity (Wildman–Crippen MR) is 130 cm³/mol. The topological polar surface area (TPSA) is 73.8 Å². The Bertz CT molecular complexity index is 1140. The number of hydrogen-bond donors (Lipinski definition) is 2. The van der Waals surface area contributed by atoms with Crippen molar-refractivity contribution in [3.63, 3.8) is 0 Å². The molecule has 0 aliphatic heterocycles. The van der Waals surface area contributed by atoms with Gasteiger partial charge < -0.3 is 10.2 Å². The fourth-order valence-corrected chi connectivity index (χ4v) is 2.99. The molecule has 0 aliphatic rings. The van der Waals surface area contributed by atoms with Crippen molar-refractivity contribution in [3.8, 4) is 0 Å². The first-order valence-electron chi connectivity index (χ1n) is 9.87. The molecule has 7 heteroatoms. The van der Waals surface area contributed by atoms with Crippen LogP contribution in [0.15, 0.2) is 89.7 Å². The van der Waals surface area contributed by atoms with Crippen LogP contribution in [0.5, 0.6) is 0 Å². The van der Waals surface area contributed by atoms with Crippen LogP contribution in [0, 0.1) is 0 Å². The summed E-state index contributed by atoms with van der Waals surface area (Å²) in [7, 11) is 3.89. The van der Waals surface area contributed by atoms with Gasteiger partial charge in [-0.15, -0.1) is 0 Å². The van der Waals surface area contributed by atoms with Gasteiger partial charge in [0, 0.05) is 30.4 Å². The molecule has 0 heterocycles. The Balaban J connectivity index is 1.81. The van der Waals surface area contributed by atoms with E-state index in [2.05, 4.69) is 15.8 Å². The Morgan fingerprint density at radius 2 is 1.62 bits per heavy atom. The second-order valence-electron chi connectivity index (χ2n) is 7.12. The normalized spacial score (nSPS) is 11.3. The highest BCUT2D eigenvalue weighted by molar-refractivity contribution is 6.30. The number of benzene rings is 3. The maximum Gasteiger partial charge on any atom is 0.287 e. The second-order valence-corrected chi connectivity index (χ2v) is 7.55. The first-order valence-corrected chi connectivity index (χ1v) is 10.2. The highest BCUT2D eigenvalue weighted by Crippen LogP contribution is 2.15. The van der Waals surface area contributed by atoms with Crippen molar-refractivity contribution in [3.05, 3.63) is 106 Å². The van der Waals surface area contributed by atoms with E-state index in [1.807, 2.05) is 55.4 Å². The van der Waals surface area contributed by atoms with Gasteiger partial charge in [0.1, 0.15) is 5.70 Å². The number of hydrazone groups is 1. The lowest BCUT2D eigenvalue weighted by atomic mass is 10.1. The number of nitrogens with one attached hydrogen (secondary N) is 2. The van der Waals surface area contributed by atoms with Crippen LogP contribution in [-0.2, 0) is 4.79 Å². The third-order valence-electron chi connectivity index (χ3n) is 4.48. The van der Waals surface area contributed by atoms with E-state index in [0.29, 0.717) is 10.6 Å². The number of nitrogens with zero attached hydrogens (tertiary/aromatic N) is 2. The standard InChI is InChI=1S/C25H23ClN4O2/c1-30(2)22-13-11-18(12-14-22)16-23(28-24(31)20-8-4-3-5-9-20)25(32)29-27-17-19-7-6-10-21(26)15-19/h3-17H,1-2H3,(H,28,31)(H,29,32)/b23-16+,27-17?. The van der Waals surface area contributed by atoms with Gasteiger partial charge in [0.25, 0.3) is 11.8 Å². The molecule has 0 aliphatic carbocycles. The maximum absolute atomic E-state index is 12.8. The smallest absolute Gasteiger partial charge is 0.287 e. The van der Waals surface area contributed by atoms with Gasteiger partial charge in [-0.2, -0.15) is 5.10 Å². The molecule has 0 unspecified atom stereocenters. The number of amides is 2. The number of rotatable bonds is 7. The van der Waals surface area contributed by atoms with E-state index in [9.17, 15) is 9.59 Å². The van der Waals surface area contributed by atoms with E-state index < -0.39 is 11.8 Å². The van der Waals surface area contributed by atoms with Crippen LogP contribution >= 0.6 is 11.6 Å². The van der Waals surface area contributed by atoms with E-state index in [-0.39, 0.29) is 5.70 Å². The van der Waals surface area contributed by atoms with Gasteiger partial charge in [-0.1, -0.05) is 54.1 Å². The van der Waals surface area contributed by atoms with E-state index in [1.54, 1.807) is 48.5 Å². The summed E-state index contributed by atoms with van der Waals surface area (Å²) in [4.78, 5) is 27.4. The van der Waals surface area contributed by atoms with Crippen molar-refractivity contribution >= 4 is 41.4 Å². The third-order valence-corrected chi connectivity index (χ3v) is 4.71. The van der Waals surface area contributed by atoms with Crippen molar-refractivity contribution in [1.29, 1.82) is 0 Å². The minimum absolute atomic E-state index is 0.0692. The quantitative estimate of drug-likeness (QED) is 0.322. The molecule has 0 bridgehead atoms. The van der Waals surface area contributed by atoms with Crippen LogP contribution in [0.2, 0.25) is 5.02 Å². The summed E-state index contributed by atoms with van der Waals surface area (Å²) in [5.74, 6) is -0.944. The van der Waals surface area contributed by atoms with Gasteiger partial charge in [0.05, 0.1) is 6.21 Å². The molecule has 3 aromatic carbocycles. The Kier molecular flexibility index (Phi) is 7.78. The molecule has 0 saturated carbocycles. The van der Waals surface area contributed by atoms with Crippen molar-refractivity contribution in [2.24, 2.45) is 5.10 Å². The molecular weight excluding hydrogens is 424 g/mol. The monoisotopic (exact) mass is 446 g/mol. The van der Waals surface area contributed by atoms with Crippen molar-refractivity contribution in [1.82, 2.24) is 10.7 Å². The molecule has 0 aromatic heterocycles. The molecule has 162 valence electrons. The summed E-state index contributed by atoms with van der Waals surface area (Å²) in [6.07, 6.45) is 3.08. The number of carbonyl (C=O) groups excluding carboxylic acids is 2. The number of halogens is 1. The van der Waals surface area contributed by atoms with Crippen LogP contribution < -0.4 is 15.6 Å². The number of hydrogen-bond acceptors (Lipinski definition) is 4. The fourth-order valence-electron chi connectivity index (χ4n) is 2.79. The van der Waals surface area contributed by atoms with Gasteiger partial charge in [-0.05, 0) is 53.6 Å². The van der Waals surface area contributed by atoms with E-state index in [0.717, 1.165) is 16.8 Å². The Hall–Kier alpha value is -3.90. The SMILES string of the molecule is CN(C)c1ccc(/C=C(/NC(=O)c2ccccc2)C(=O)NN=Cc2cccc(Cl)c2)cc1. The third kappa shape index (κ3) is 6.55. The van der Waals surface area contributed by atoms with E-state index >= 15 is 0 Å². The summed E-state index contributed by atoms with van der Waals surface area (Å²) in [5.41, 5.74) is 5.47. The Morgan fingerprint density at radius 1 is 0.906 bits per heavy atom. The molecule has 0 fully saturated rings. The summed E-state index contributed by atoms with van der Waals surface area (Å²) in [6, 6.07) is 23.3. The average Bonchev–Trinajstić information content (AvgIpc) is 2.79. The molecule has 0 atom stereocenters. The fraction of sp³-hybridized carbons (Fsp3) is 0.0800. The molecular formula is C25H23ClN4O2. The zero-order chi connectivity index (χ0) is 22.9. The molecule has 3 rings (SSSR count). The molecule has 2 N–H and O–H groups in total. The summed E-state index contributed by atoms with van der Waals surface area (Å²) in [6.45, 7) is 0. The molecule has 0 radical (unpaired) electrons. The van der Waals surface area contributed by atoms with Crippen LogP contribution in [0.25, 0.3) is 6.08 Å². The van der Waals surface area contributed by atoms with E-state index in [1.165, 1.54) is 6.21 Å². The van der Waals surface area contributed by atoms with Crippen LogP contribution in [0.3, 0.4) is 0 Å². The van der Waals surface area contributed by atoms with Crippen molar-refractivity contribution in [2.75, 3.05) is 19.0 Å². The first-order chi connectivity index (χ1) is 15.4. The zero-order valence-electron chi connectivity index (χ0n) is 17.7. The lowest BCUT2D eigenvalue weighted by Crippen LogP contribution is -2.32. The predicted octanol–water partition coefficient (Wildman–Crippen LogP) is 4.33. The lowest BCUT2D eigenvalue weighted by molar-refractivity contribution is -0.117. The minimum Gasteiger partial charge on any atom is -0.378 e. The van der Waals surface area contributed by atoms with Gasteiger partial charge >= 0.3 is 0 Å². The van der Waals surface area contributed by atoms with Gasteiger partial charge in [0.15, 0.2) is 0 Å². The summed E-state index contributed by atoms with van der Waals surface area (Å²) >= 11 is 5.96. The largest absolute Gasteiger partial charge is 0.378 e. The lowest BCUT2D eigenvalue weighted by Gasteiger charge is -2.12. The van der Waals surface area contributed by atoms with Gasteiger partial charge in [-0.3, -0.25) is 9.59 Å². The van der Waals surface area contributed by atoms with E-state index in [4.69, 9.17) is 11.6 Å². The molecule has 32 heavy (non-hydrogen) atoms. The first kappa shape index (κ1) is 22.8. The number of anilines is 1. The molecule has 2 amide bonds. The Labute approximate surface area is 192 Å². The van der Waals surface area contributed by atoms with Crippen molar-refractivity contribution in [2.45, 2.75) is 0 Å². The molecule has 0 saturated heterocycles. The zero-order valence-corrected chi connectivity index (χ0v) is 18.5. The minimum atomic E-state index is -0.552. The molecule has 0 spiro atoms. The van der Waals surface area contributed by atoms with Gasteiger partial charge in [-0.25, -0.2) is 5.43 Å². The summed E-state index contributed by atoms with van der Waals surface area (Å²) < 4.78 is 0. The van der Waals surface area contributed by atoms with Crippen LogP contribution in [0.4, 0.5) is 5.69 Å². The van der Waals surface area contributed by atoms with Crippen LogP contribution in [-0.4, -0.2) is 32.1 Å². The summed E-state index contributed by atoms with van der Waals surface area (Å²) in [5, 5.41) is 7.23. The number of carbonyl (C=O) groups is 2. The second kappa shape index (κ2) is 10.9. The highest BCUT2D eigenvalue weighted by Gasteiger charge is 2.14. The highest BCUT2D eigenvalue weighted by atomic mass is 35.5. The average molecular weight is 447 g/mol. The van der Waals surface area contributed by atoms with Gasteiger partial charge in [0.2, 0.25) is 0 Å². The Morgan fingerprint density at radius 3 is 2.28 bits per heavy atom. The van der Waals surface area contributed by atoms with Crippen molar-refractivity contribution < 1.29 is 9.59 Å². The molecule has 3 aromatic rings.